The number of rotatable bonds is 5. The Morgan fingerprint density at radius 3 is 2.91 bits per heavy atom. The molecule has 0 aliphatic carbocycles. The SMILES string of the molecule is CC(C)CC1OCCCC1NC(=O)NC(C)c1cnn(C)c1. The van der Waals surface area contributed by atoms with Gasteiger partial charge in [-0.3, -0.25) is 4.68 Å². The third-order valence-corrected chi connectivity index (χ3v) is 4.03. The molecule has 3 atom stereocenters. The van der Waals surface area contributed by atoms with Crippen molar-refractivity contribution in [2.75, 3.05) is 6.61 Å². The van der Waals surface area contributed by atoms with E-state index in [1.807, 2.05) is 20.2 Å². The van der Waals surface area contributed by atoms with Crippen molar-refractivity contribution < 1.29 is 9.53 Å². The molecule has 6 nitrogen and oxygen atoms in total. The molecule has 0 saturated carbocycles. The zero-order chi connectivity index (χ0) is 16.1. The van der Waals surface area contributed by atoms with E-state index < -0.39 is 0 Å². The molecule has 1 saturated heterocycles. The summed E-state index contributed by atoms with van der Waals surface area (Å²) in [5.41, 5.74) is 0.997. The van der Waals surface area contributed by atoms with Gasteiger partial charge in [0.15, 0.2) is 0 Å². The molecule has 1 aromatic rings. The highest BCUT2D eigenvalue weighted by Crippen LogP contribution is 2.20. The zero-order valence-corrected chi connectivity index (χ0v) is 14.0. The van der Waals surface area contributed by atoms with Gasteiger partial charge in [-0.25, -0.2) is 4.79 Å². The predicted octanol–water partition coefficient (Wildman–Crippen LogP) is 2.37. The van der Waals surface area contributed by atoms with Gasteiger partial charge in [-0.05, 0) is 32.1 Å². The highest BCUT2D eigenvalue weighted by molar-refractivity contribution is 5.74. The summed E-state index contributed by atoms with van der Waals surface area (Å²) in [4.78, 5) is 12.2. The van der Waals surface area contributed by atoms with Crippen LogP contribution in [0.1, 0.15) is 51.6 Å². The van der Waals surface area contributed by atoms with Gasteiger partial charge in [0.1, 0.15) is 0 Å². The first-order chi connectivity index (χ1) is 10.5. The average molecular weight is 308 g/mol. The van der Waals surface area contributed by atoms with Crippen LogP contribution in [0.3, 0.4) is 0 Å². The van der Waals surface area contributed by atoms with Gasteiger partial charge in [-0.15, -0.1) is 0 Å². The van der Waals surface area contributed by atoms with Gasteiger partial charge in [-0.1, -0.05) is 13.8 Å². The lowest BCUT2D eigenvalue weighted by molar-refractivity contribution is -0.0170. The third kappa shape index (κ3) is 4.73. The second-order valence-electron chi connectivity index (χ2n) is 6.57. The van der Waals surface area contributed by atoms with Crippen LogP contribution in [0.2, 0.25) is 0 Å². The van der Waals surface area contributed by atoms with Crippen LogP contribution in [0.4, 0.5) is 4.79 Å². The molecule has 2 rings (SSSR count). The number of nitrogens with zero attached hydrogens (tertiary/aromatic N) is 2. The Morgan fingerprint density at radius 2 is 2.27 bits per heavy atom. The molecule has 22 heavy (non-hydrogen) atoms. The van der Waals surface area contributed by atoms with Gasteiger partial charge >= 0.3 is 6.03 Å². The van der Waals surface area contributed by atoms with E-state index in [1.54, 1.807) is 10.9 Å². The number of amides is 2. The summed E-state index contributed by atoms with van der Waals surface area (Å²) in [5, 5.41) is 10.2. The average Bonchev–Trinajstić information content (AvgIpc) is 2.87. The van der Waals surface area contributed by atoms with Crippen molar-refractivity contribution in [3.63, 3.8) is 0 Å². The molecule has 3 unspecified atom stereocenters. The quantitative estimate of drug-likeness (QED) is 0.877. The van der Waals surface area contributed by atoms with E-state index in [0.29, 0.717) is 5.92 Å². The fourth-order valence-electron chi connectivity index (χ4n) is 2.86. The van der Waals surface area contributed by atoms with Crippen molar-refractivity contribution >= 4 is 6.03 Å². The lowest BCUT2D eigenvalue weighted by Crippen LogP contribution is -2.51. The van der Waals surface area contributed by atoms with E-state index in [1.165, 1.54) is 0 Å². The molecular weight excluding hydrogens is 280 g/mol. The Labute approximate surface area is 132 Å². The Kier molecular flexibility index (Phi) is 5.83. The Bertz CT molecular complexity index is 486. The number of urea groups is 1. The van der Waals surface area contributed by atoms with Crippen molar-refractivity contribution in [2.24, 2.45) is 13.0 Å². The number of carbonyl (C=O) groups excluding carboxylic acids is 1. The van der Waals surface area contributed by atoms with Gasteiger partial charge in [0.2, 0.25) is 0 Å². The monoisotopic (exact) mass is 308 g/mol. The van der Waals surface area contributed by atoms with Crippen molar-refractivity contribution in [3.05, 3.63) is 18.0 Å². The molecule has 2 N–H and O–H groups in total. The largest absolute Gasteiger partial charge is 0.376 e. The maximum atomic E-state index is 12.2. The molecular formula is C16H28N4O2. The molecule has 6 heteroatoms. The summed E-state index contributed by atoms with van der Waals surface area (Å²) in [5.74, 6) is 0.560. The number of hydrogen-bond donors (Lipinski definition) is 2. The lowest BCUT2D eigenvalue weighted by Gasteiger charge is -2.33. The number of aromatic nitrogens is 2. The van der Waals surface area contributed by atoms with Gasteiger partial charge in [0.25, 0.3) is 0 Å². The second kappa shape index (κ2) is 7.63. The summed E-state index contributed by atoms with van der Waals surface area (Å²) in [6, 6.07) is -0.111. The van der Waals surface area contributed by atoms with Crippen LogP contribution in [0.15, 0.2) is 12.4 Å². The first-order valence-corrected chi connectivity index (χ1v) is 8.13. The third-order valence-electron chi connectivity index (χ3n) is 4.03. The fraction of sp³-hybridized carbons (Fsp3) is 0.750. The number of nitrogens with one attached hydrogen (secondary N) is 2. The maximum absolute atomic E-state index is 12.2. The van der Waals surface area contributed by atoms with Crippen LogP contribution in [0, 0.1) is 5.92 Å². The Hall–Kier alpha value is -1.56. The molecule has 1 aliphatic heterocycles. The number of aryl methyl sites for hydroxylation is 1. The molecule has 1 aliphatic rings. The zero-order valence-electron chi connectivity index (χ0n) is 14.0. The standard InChI is InChI=1S/C16H28N4O2/c1-11(2)8-15-14(6-5-7-22-15)19-16(21)18-12(3)13-9-17-20(4)10-13/h9-12,14-15H,5-8H2,1-4H3,(H2,18,19,21). The summed E-state index contributed by atoms with van der Waals surface area (Å²) in [7, 11) is 1.87. The van der Waals surface area contributed by atoms with Gasteiger partial charge in [-0.2, -0.15) is 5.10 Å². The number of carbonyl (C=O) groups is 1. The normalized spacial score (nSPS) is 23.3. The summed E-state index contributed by atoms with van der Waals surface area (Å²) in [6.45, 7) is 7.11. The minimum Gasteiger partial charge on any atom is -0.376 e. The summed E-state index contributed by atoms with van der Waals surface area (Å²) < 4.78 is 7.57. The minimum atomic E-state index is -0.138. The predicted molar refractivity (Wildman–Crippen MR) is 85.5 cm³/mol. The van der Waals surface area contributed by atoms with Crippen molar-refractivity contribution in [1.29, 1.82) is 0 Å². The van der Waals surface area contributed by atoms with Gasteiger partial charge in [0.05, 0.1) is 24.4 Å². The molecule has 0 aromatic carbocycles. The van der Waals surface area contributed by atoms with Crippen LogP contribution >= 0.6 is 0 Å². The summed E-state index contributed by atoms with van der Waals surface area (Å²) >= 11 is 0. The van der Waals surface area contributed by atoms with Gasteiger partial charge in [0, 0.05) is 25.4 Å². The van der Waals surface area contributed by atoms with Crippen LogP contribution in [0.25, 0.3) is 0 Å². The second-order valence-corrected chi connectivity index (χ2v) is 6.57. The van der Waals surface area contributed by atoms with Crippen molar-refractivity contribution in [1.82, 2.24) is 20.4 Å². The van der Waals surface area contributed by atoms with E-state index >= 15 is 0 Å². The smallest absolute Gasteiger partial charge is 0.315 e. The molecule has 124 valence electrons. The molecule has 2 amide bonds. The maximum Gasteiger partial charge on any atom is 0.315 e. The van der Waals surface area contributed by atoms with E-state index in [-0.39, 0.29) is 24.2 Å². The van der Waals surface area contributed by atoms with E-state index in [4.69, 9.17) is 4.74 Å². The Morgan fingerprint density at radius 1 is 1.50 bits per heavy atom. The van der Waals surface area contributed by atoms with Crippen molar-refractivity contribution in [2.45, 2.75) is 58.2 Å². The highest BCUT2D eigenvalue weighted by atomic mass is 16.5. The van der Waals surface area contributed by atoms with Crippen LogP contribution in [0.5, 0.6) is 0 Å². The molecule has 1 fully saturated rings. The van der Waals surface area contributed by atoms with E-state index in [0.717, 1.165) is 31.4 Å². The molecule has 2 heterocycles. The molecule has 1 aromatic heterocycles. The van der Waals surface area contributed by atoms with Crippen LogP contribution in [-0.4, -0.2) is 34.6 Å². The number of hydrogen-bond acceptors (Lipinski definition) is 3. The molecule has 0 bridgehead atoms. The van der Waals surface area contributed by atoms with E-state index in [2.05, 4.69) is 29.6 Å². The van der Waals surface area contributed by atoms with Crippen molar-refractivity contribution in [3.8, 4) is 0 Å². The lowest BCUT2D eigenvalue weighted by atomic mass is 9.95. The first-order valence-electron chi connectivity index (χ1n) is 8.13. The minimum absolute atomic E-state index is 0.0678. The van der Waals surface area contributed by atoms with Crippen LogP contribution < -0.4 is 10.6 Å². The van der Waals surface area contributed by atoms with E-state index in [9.17, 15) is 4.79 Å². The van der Waals surface area contributed by atoms with Gasteiger partial charge < -0.3 is 15.4 Å². The van der Waals surface area contributed by atoms with Crippen LogP contribution in [-0.2, 0) is 11.8 Å². The Balaban J connectivity index is 1.86. The molecule has 0 spiro atoms. The number of ether oxygens (including phenoxy) is 1. The first kappa shape index (κ1) is 16.8. The fourth-order valence-corrected chi connectivity index (χ4v) is 2.86. The topological polar surface area (TPSA) is 68.2 Å². The highest BCUT2D eigenvalue weighted by Gasteiger charge is 2.28. The molecule has 0 radical (unpaired) electrons. The summed E-state index contributed by atoms with van der Waals surface area (Å²) in [6.07, 6.45) is 6.76.